The maximum atomic E-state index is 10.7. The molecule has 0 atom stereocenters. The number of phenolic OH excluding ortho intramolecular Hbond substituents is 1. The van der Waals surface area contributed by atoms with Gasteiger partial charge in [-0.2, -0.15) is 0 Å². The molecule has 0 aliphatic carbocycles. The van der Waals surface area contributed by atoms with E-state index in [4.69, 9.17) is 4.84 Å². The molecule has 1 rings (SSSR count). The van der Waals surface area contributed by atoms with Crippen molar-refractivity contribution < 1.29 is 14.7 Å². The smallest absolute Gasteiger partial charge is 0.233 e. The summed E-state index contributed by atoms with van der Waals surface area (Å²) >= 11 is 0. The lowest BCUT2D eigenvalue weighted by Crippen LogP contribution is -2.17. The van der Waals surface area contributed by atoms with Gasteiger partial charge in [-0.15, -0.1) is 0 Å². The third-order valence-electron chi connectivity index (χ3n) is 3.79. The molecular formula is C20H31NO3. The molecule has 4 heteroatoms. The fourth-order valence-electron chi connectivity index (χ4n) is 2.41. The molecule has 1 amide bonds. The Balaban J connectivity index is 3.05. The molecule has 0 unspecified atom stereocenters. The Labute approximate surface area is 146 Å². The number of aromatic hydroxyl groups is 1. The van der Waals surface area contributed by atoms with Gasteiger partial charge in [0.1, 0.15) is 5.75 Å². The highest BCUT2D eigenvalue weighted by Crippen LogP contribution is 2.39. The Hall–Kier alpha value is -1.81. The first-order chi connectivity index (χ1) is 11.0. The van der Waals surface area contributed by atoms with Gasteiger partial charge in [0.25, 0.3) is 0 Å². The molecule has 1 aromatic carbocycles. The van der Waals surface area contributed by atoms with Gasteiger partial charge in [-0.05, 0) is 34.9 Å². The van der Waals surface area contributed by atoms with Crippen LogP contribution in [0.4, 0.5) is 0 Å². The number of amides is 1. The first kappa shape index (κ1) is 20.2. The Morgan fingerprint density at radius 1 is 1.08 bits per heavy atom. The van der Waals surface area contributed by atoms with Gasteiger partial charge < -0.3 is 5.11 Å². The number of rotatable bonds is 6. The largest absolute Gasteiger partial charge is 0.507 e. The van der Waals surface area contributed by atoms with E-state index in [1.807, 2.05) is 24.3 Å². The fourth-order valence-corrected chi connectivity index (χ4v) is 2.41. The van der Waals surface area contributed by atoms with E-state index < -0.39 is 0 Å². The summed E-state index contributed by atoms with van der Waals surface area (Å²) < 4.78 is 0. The molecular weight excluding hydrogens is 302 g/mol. The van der Waals surface area contributed by atoms with Crippen LogP contribution in [-0.4, -0.2) is 30.2 Å². The molecule has 0 saturated carbocycles. The van der Waals surface area contributed by atoms with Crippen LogP contribution in [0.3, 0.4) is 0 Å². The van der Waals surface area contributed by atoms with Gasteiger partial charge in [0, 0.05) is 18.2 Å². The molecule has 1 N–H and O–H groups in total. The van der Waals surface area contributed by atoms with Crippen LogP contribution in [0, 0.1) is 0 Å². The van der Waals surface area contributed by atoms with Gasteiger partial charge in [-0.25, -0.2) is 5.06 Å². The van der Waals surface area contributed by atoms with Crippen LogP contribution in [0.25, 0.3) is 6.08 Å². The molecule has 1 aromatic rings. The second-order valence-corrected chi connectivity index (χ2v) is 8.14. The normalized spacial score (nSPS) is 12.6. The van der Waals surface area contributed by atoms with Crippen LogP contribution in [-0.2, 0) is 20.5 Å². The van der Waals surface area contributed by atoms with Crippen molar-refractivity contribution in [1.29, 1.82) is 0 Å². The van der Waals surface area contributed by atoms with Crippen LogP contribution in [0.15, 0.2) is 18.2 Å². The Morgan fingerprint density at radius 3 is 2.00 bits per heavy atom. The van der Waals surface area contributed by atoms with E-state index in [2.05, 4.69) is 41.5 Å². The minimum atomic E-state index is -0.135. The molecule has 134 valence electrons. The number of nitrogens with zero attached hydrogens (tertiary/aromatic N) is 1. The molecule has 24 heavy (non-hydrogen) atoms. The zero-order valence-electron chi connectivity index (χ0n) is 16.0. The summed E-state index contributed by atoms with van der Waals surface area (Å²) in [4.78, 5) is 15.6. The maximum Gasteiger partial charge on any atom is 0.233 e. The molecule has 0 bridgehead atoms. The number of hydrogen-bond acceptors (Lipinski definition) is 3. The van der Waals surface area contributed by atoms with Crippen molar-refractivity contribution in [2.24, 2.45) is 0 Å². The van der Waals surface area contributed by atoms with Crippen molar-refractivity contribution in [3.8, 4) is 5.75 Å². The molecule has 0 aliphatic rings. The van der Waals surface area contributed by atoms with E-state index in [9.17, 15) is 9.90 Å². The first-order valence-corrected chi connectivity index (χ1v) is 8.32. The van der Waals surface area contributed by atoms with E-state index in [1.165, 1.54) is 0 Å². The van der Waals surface area contributed by atoms with Gasteiger partial charge in [0.2, 0.25) is 6.41 Å². The summed E-state index contributed by atoms with van der Waals surface area (Å²) in [5.41, 5.74) is 2.69. The van der Waals surface area contributed by atoms with E-state index in [1.54, 1.807) is 7.05 Å². The summed E-state index contributed by atoms with van der Waals surface area (Å²) in [6, 6.07) is 4.08. The average Bonchev–Trinajstić information content (AvgIpc) is 2.45. The van der Waals surface area contributed by atoms with Crippen molar-refractivity contribution in [2.45, 2.75) is 58.8 Å². The van der Waals surface area contributed by atoms with Crippen molar-refractivity contribution in [3.05, 3.63) is 34.9 Å². The fraction of sp³-hybridized carbons (Fsp3) is 0.550. The zero-order valence-corrected chi connectivity index (χ0v) is 16.0. The Morgan fingerprint density at radius 2 is 1.58 bits per heavy atom. The van der Waals surface area contributed by atoms with E-state index >= 15 is 0 Å². The van der Waals surface area contributed by atoms with Crippen LogP contribution in [0.1, 0.15) is 64.7 Å². The Kier molecular flexibility index (Phi) is 6.61. The van der Waals surface area contributed by atoms with Gasteiger partial charge in [-0.1, -0.05) is 53.7 Å². The van der Waals surface area contributed by atoms with Crippen LogP contribution < -0.4 is 0 Å². The first-order valence-electron chi connectivity index (χ1n) is 8.32. The second-order valence-electron chi connectivity index (χ2n) is 8.14. The third kappa shape index (κ3) is 5.68. The van der Waals surface area contributed by atoms with Gasteiger partial charge in [-0.3, -0.25) is 9.63 Å². The second kappa shape index (κ2) is 7.84. The van der Waals surface area contributed by atoms with Crippen LogP contribution >= 0.6 is 0 Å². The number of hydroxylamine groups is 2. The molecule has 0 saturated heterocycles. The highest BCUT2D eigenvalue weighted by atomic mass is 16.7. The summed E-state index contributed by atoms with van der Waals surface area (Å²) in [6.07, 6.45) is 5.39. The van der Waals surface area contributed by atoms with Crippen molar-refractivity contribution in [3.63, 3.8) is 0 Å². The molecule has 0 aliphatic heterocycles. The molecule has 0 fully saturated rings. The average molecular weight is 333 g/mol. The maximum absolute atomic E-state index is 10.7. The van der Waals surface area contributed by atoms with Crippen molar-refractivity contribution in [2.75, 3.05) is 13.7 Å². The number of benzene rings is 1. The summed E-state index contributed by atoms with van der Waals surface area (Å²) in [6.45, 7) is 13.1. The summed E-state index contributed by atoms with van der Waals surface area (Å²) in [7, 11) is 1.57. The quantitative estimate of drug-likeness (QED) is 0.476. The Bertz CT molecular complexity index is 557. The molecule has 0 spiro atoms. The molecule has 0 aromatic heterocycles. The zero-order chi connectivity index (χ0) is 18.5. The lowest BCUT2D eigenvalue weighted by molar-refractivity contribution is -0.162. The van der Waals surface area contributed by atoms with Crippen LogP contribution in [0.2, 0.25) is 0 Å². The molecule has 0 heterocycles. The van der Waals surface area contributed by atoms with Gasteiger partial charge in [0.05, 0.1) is 6.61 Å². The van der Waals surface area contributed by atoms with Gasteiger partial charge in [0.15, 0.2) is 0 Å². The number of carbonyl (C=O) groups is 1. The topological polar surface area (TPSA) is 49.8 Å². The summed E-state index contributed by atoms with van der Waals surface area (Å²) in [5, 5.41) is 11.9. The van der Waals surface area contributed by atoms with Crippen LogP contribution in [0.5, 0.6) is 5.75 Å². The van der Waals surface area contributed by atoms with E-state index in [0.717, 1.165) is 21.8 Å². The predicted molar refractivity (Wildman–Crippen MR) is 98.9 cm³/mol. The lowest BCUT2D eigenvalue weighted by Gasteiger charge is -2.27. The highest BCUT2D eigenvalue weighted by Gasteiger charge is 2.26. The predicted octanol–water partition coefficient (Wildman–Crippen LogP) is 4.41. The monoisotopic (exact) mass is 333 g/mol. The number of hydrogen-bond donors (Lipinski definition) is 1. The highest BCUT2D eigenvalue weighted by molar-refractivity contribution is 5.59. The number of carbonyl (C=O) groups excluding carboxylic acids is 1. The minimum Gasteiger partial charge on any atom is -0.507 e. The van der Waals surface area contributed by atoms with Crippen molar-refractivity contribution >= 4 is 12.5 Å². The van der Waals surface area contributed by atoms with E-state index in [-0.39, 0.29) is 10.8 Å². The summed E-state index contributed by atoms with van der Waals surface area (Å²) in [5.74, 6) is 0.392. The van der Waals surface area contributed by atoms with Crippen molar-refractivity contribution in [1.82, 2.24) is 5.06 Å². The van der Waals surface area contributed by atoms with E-state index in [0.29, 0.717) is 25.2 Å². The third-order valence-corrected chi connectivity index (χ3v) is 3.79. The minimum absolute atomic E-state index is 0.135. The number of phenols is 1. The van der Waals surface area contributed by atoms with Gasteiger partial charge >= 0.3 is 0 Å². The SMILES string of the molecule is CN(C=O)OCC/C=C\c1cc(C(C)(C)C)c(O)c(C(C)(C)C)c1. The molecule has 4 nitrogen and oxygen atoms in total. The standard InChI is InChI=1S/C20H31NO3/c1-19(2,3)16-12-15(10-8-9-11-24-21(7)14-22)13-17(18(16)23)20(4,5)6/h8,10,12-14,23H,9,11H2,1-7H3/b10-8-. The lowest BCUT2D eigenvalue weighted by atomic mass is 9.78. The molecule has 0 radical (unpaired) electrons.